The third-order valence-corrected chi connectivity index (χ3v) is 6.89. The summed E-state index contributed by atoms with van der Waals surface area (Å²) in [5.41, 5.74) is 5.58. The molecule has 4 aliphatic rings. The largest absolute Gasteiger partial charge is 0.365 e. The Hall–Kier alpha value is -1.68. The Labute approximate surface area is 162 Å². The minimum absolute atomic E-state index is 0.232. The highest BCUT2D eigenvalue weighted by Crippen LogP contribution is 2.56. The van der Waals surface area contributed by atoms with Gasteiger partial charge in [-0.1, -0.05) is 48.5 Å². The monoisotopic (exact) mass is 362 g/mol. The Morgan fingerprint density at radius 2 is 1.56 bits per heavy atom. The molecule has 1 heterocycles. The van der Waals surface area contributed by atoms with Gasteiger partial charge in [-0.2, -0.15) is 0 Å². The van der Waals surface area contributed by atoms with Crippen LogP contribution in [0.25, 0.3) is 0 Å². The van der Waals surface area contributed by atoms with Crippen molar-refractivity contribution in [3.63, 3.8) is 0 Å². The maximum atomic E-state index is 6.79. The molecule has 1 aliphatic heterocycles. The molecule has 2 bridgehead atoms. The van der Waals surface area contributed by atoms with Crippen molar-refractivity contribution in [1.82, 2.24) is 9.80 Å². The molecule has 2 aromatic rings. The van der Waals surface area contributed by atoms with E-state index >= 15 is 0 Å². The van der Waals surface area contributed by atoms with Crippen molar-refractivity contribution in [3.05, 3.63) is 70.8 Å². The molecule has 0 atom stereocenters. The second-order valence-electron chi connectivity index (χ2n) is 8.44. The second kappa shape index (κ2) is 7.05. The van der Waals surface area contributed by atoms with Crippen LogP contribution in [0.4, 0.5) is 0 Å². The molecular weight excluding hydrogens is 332 g/mol. The summed E-state index contributed by atoms with van der Waals surface area (Å²) in [5, 5.41) is 0. The van der Waals surface area contributed by atoms with Gasteiger partial charge in [0, 0.05) is 45.2 Å². The lowest BCUT2D eigenvalue weighted by atomic mass is 9.61. The van der Waals surface area contributed by atoms with Gasteiger partial charge in [0.05, 0.1) is 0 Å². The Morgan fingerprint density at radius 3 is 2.22 bits per heavy atom. The number of benzene rings is 2. The zero-order chi connectivity index (χ0) is 18.3. The topological polar surface area (TPSA) is 15.7 Å². The van der Waals surface area contributed by atoms with Gasteiger partial charge in [-0.15, -0.1) is 0 Å². The van der Waals surface area contributed by atoms with E-state index in [0.29, 0.717) is 5.92 Å². The van der Waals surface area contributed by atoms with Gasteiger partial charge in [-0.3, -0.25) is 0 Å². The molecule has 0 unspecified atom stereocenters. The molecule has 3 aliphatic carbocycles. The fourth-order valence-electron chi connectivity index (χ4n) is 5.41. The molecule has 1 saturated heterocycles. The average molecular weight is 363 g/mol. The van der Waals surface area contributed by atoms with E-state index in [1.807, 2.05) is 0 Å². The first-order valence-corrected chi connectivity index (χ1v) is 10.5. The van der Waals surface area contributed by atoms with Gasteiger partial charge in [-0.05, 0) is 48.6 Å². The molecule has 0 N–H and O–H groups in total. The predicted octanol–water partition coefficient (Wildman–Crippen LogP) is 3.82. The number of nitrogens with zero attached hydrogens (tertiary/aromatic N) is 2. The van der Waals surface area contributed by atoms with E-state index in [1.165, 1.54) is 54.9 Å². The second-order valence-corrected chi connectivity index (χ2v) is 8.44. The number of fused-ring (bicyclic) bond motifs is 1. The van der Waals surface area contributed by atoms with Crippen LogP contribution in [-0.2, 0) is 10.3 Å². The van der Waals surface area contributed by atoms with E-state index < -0.39 is 0 Å². The molecule has 0 saturated carbocycles. The van der Waals surface area contributed by atoms with Crippen LogP contribution < -0.4 is 0 Å². The molecule has 2 aromatic carbocycles. The van der Waals surface area contributed by atoms with E-state index in [2.05, 4.69) is 65.4 Å². The van der Waals surface area contributed by atoms with Crippen LogP contribution in [0.2, 0.25) is 0 Å². The van der Waals surface area contributed by atoms with Gasteiger partial charge >= 0.3 is 0 Å². The average Bonchev–Trinajstić information content (AvgIpc) is 2.73. The first kappa shape index (κ1) is 17.4. The van der Waals surface area contributed by atoms with Crippen molar-refractivity contribution in [2.45, 2.75) is 30.8 Å². The Kier molecular flexibility index (Phi) is 4.55. The number of ether oxygens (including phenoxy) is 1. The molecule has 0 amide bonds. The van der Waals surface area contributed by atoms with Crippen LogP contribution in [0.5, 0.6) is 0 Å². The molecule has 6 rings (SSSR count). The van der Waals surface area contributed by atoms with Crippen molar-refractivity contribution in [1.29, 1.82) is 0 Å². The molecule has 1 fully saturated rings. The smallest absolute Gasteiger partial charge is 0.119 e. The van der Waals surface area contributed by atoms with E-state index in [0.717, 1.165) is 26.0 Å². The number of hydrogen-bond acceptors (Lipinski definition) is 3. The van der Waals surface area contributed by atoms with Gasteiger partial charge < -0.3 is 14.5 Å². The minimum atomic E-state index is -0.232. The van der Waals surface area contributed by atoms with Crippen LogP contribution in [0.3, 0.4) is 0 Å². The molecule has 27 heavy (non-hydrogen) atoms. The maximum Gasteiger partial charge on any atom is 0.119 e. The van der Waals surface area contributed by atoms with Crippen molar-refractivity contribution >= 4 is 0 Å². The quantitative estimate of drug-likeness (QED) is 0.752. The molecule has 3 nitrogen and oxygen atoms in total. The molecule has 3 heteroatoms. The third kappa shape index (κ3) is 2.93. The fraction of sp³-hybridized carbons (Fsp3) is 0.500. The van der Waals surface area contributed by atoms with Crippen molar-refractivity contribution in [2.75, 3.05) is 46.4 Å². The normalized spacial score (nSPS) is 27.4. The van der Waals surface area contributed by atoms with Gasteiger partial charge in [0.25, 0.3) is 0 Å². The number of piperazine rings is 1. The summed E-state index contributed by atoms with van der Waals surface area (Å²) >= 11 is 0. The Bertz CT molecular complexity index is 762. The van der Waals surface area contributed by atoms with Crippen LogP contribution in [0.1, 0.15) is 47.4 Å². The predicted molar refractivity (Wildman–Crippen MR) is 109 cm³/mol. The highest BCUT2D eigenvalue weighted by molar-refractivity contribution is 5.57. The van der Waals surface area contributed by atoms with Gasteiger partial charge in [0.2, 0.25) is 0 Å². The summed E-state index contributed by atoms with van der Waals surface area (Å²) < 4.78 is 6.79. The van der Waals surface area contributed by atoms with Crippen LogP contribution in [0.15, 0.2) is 48.5 Å². The Morgan fingerprint density at radius 1 is 0.926 bits per heavy atom. The van der Waals surface area contributed by atoms with Crippen LogP contribution >= 0.6 is 0 Å². The fourth-order valence-corrected chi connectivity index (χ4v) is 5.41. The minimum Gasteiger partial charge on any atom is -0.365 e. The summed E-state index contributed by atoms with van der Waals surface area (Å²) in [5.74, 6) is 0.549. The van der Waals surface area contributed by atoms with Crippen molar-refractivity contribution < 1.29 is 4.74 Å². The van der Waals surface area contributed by atoms with Crippen LogP contribution in [0, 0.1) is 0 Å². The molecule has 142 valence electrons. The summed E-state index contributed by atoms with van der Waals surface area (Å²) in [7, 11) is 2.22. The molecular formula is C24H30N2O. The summed E-state index contributed by atoms with van der Waals surface area (Å²) in [6.45, 7) is 6.74. The lowest BCUT2D eigenvalue weighted by molar-refractivity contribution is -0.0429. The SMILES string of the molecule is CN1CCN(CCCOC23CCC(c4ccccc42)c2ccccc23)CC1. The van der Waals surface area contributed by atoms with E-state index in [1.54, 1.807) is 0 Å². The van der Waals surface area contributed by atoms with E-state index in [4.69, 9.17) is 4.74 Å². The number of rotatable bonds is 5. The molecule has 0 radical (unpaired) electrons. The summed E-state index contributed by atoms with van der Waals surface area (Å²) in [6.07, 6.45) is 3.42. The van der Waals surface area contributed by atoms with Gasteiger partial charge in [-0.25, -0.2) is 0 Å². The number of likely N-dealkylation sites (N-methyl/N-ethyl adjacent to an activating group) is 1. The highest BCUT2D eigenvalue weighted by Gasteiger charge is 2.48. The van der Waals surface area contributed by atoms with E-state index in [9.17, 15) is 0 Å². The Balaban J connectivity index is 1.34. The van der Waals surface area contributed by atoms with Crippen molar-refractivity contribution in [2.24, 2.45) is 0 Å². The van der Waals surface area contributed by atoms with Gasteiger partial charge in [0.1, 0.15) is 5.60 Å². The van der Waals surface area contributed by atoms with Gasteiger partial charge in [0.15, 0.2) is 0 Å². The third-order valence-electron chi connectivity index (χ3n) is 6.89. The highest BCUT2D eigenvalue weighted by atomic mass is 16.5. The van der Waals surface area contributed by atoms with E-state index in [-0.39, 0.29) is 5.60 Å². The lowest BCUT2D eigenvalue weighted by Crippen LogP contribution is -2.45. The lowest BCUT2D eigenvalue weighted by Gasteiger charge is -2.49. The first-order chi connectivity index (χ1) is 13.3. The standard InChI is InChI=1S/C24H30N2O/c1-25-14-16-26(17-15-25)13-6-18-27-24-12-11-19(20-7-2-4-9-22(20)24)21-8-3-5-10-23(21)24/h2-5,7-10,19H,6,11-18H2,1H3. The molecule has 0 aromatic heterocycles. The van der Waals surface area contributed by atoms with Crippen molar-refractivity contribution in [3.8, 4) is 0 Å². The van der Waals surface area contributed by atoms with Crippen LogP contribution in [-0.4, -0.2) is 56.2 Å². The zero-order valence-electron chi connectivity index (χ0n) is 16.4. The maximum absolute atomic E-state index is 6.79. The molecule has 0 spiro atoms. The zero-order valence-corrected chi connectivity index (χ0v) is 16.4. The summed E-state index contributed by atoms with van der Waals surface area (Å²) in [6, 6.07) is 18.0. The first-order valence-electron chi connectivity index (χ1n) is 10.5. The number of hydrogen-bond donors (Lipinski definition) is 0. The summed E-state index contributed by atoms with van der Waals surface area (Å²) in [4.78, 5) is 5.00.